The van der Waals surface area contributed by atoms with Gasteiger partial charge in [0.15, 0.2) is 6.61 Å². The Kier molecular flexibility index (Phi) is 7.14. The lowest BCUT2D eigenvalue weighted by molar-refractivity contribution is -0.154. The quantitative estimate of drug-likeness (QED) is 0.697. The summed E-state index contributed by atoms with van der Waals surface area (Å²) >= 11 is 0. The molecule has 1 atom stereocenters. The van der Waals surface area contributed by atoms with Crippen molar-refractivity contribution in [3.8, 4) is 0 Å². The molecule has 0 spiro atoms. The normalized spacial score (nSPS) is 16.6. The lowest BCUT2D eigenvalue weighted by Crippen LogP contribution is -2.46. The first-order valence-electron chi connectivity index (χ1n) is 7.44. The average molecular weight is 299 g/mol. The van der Waals surface area contributed by atoms with E-state index in [0.717, 1.165) is 25.9 Å². The number of likely N-dealkylation sites (tertiary alicyclic amines) is 1. The summed E-state index contributed by atoms with van der Waals surface area (Å²) in [5.41, 5.74) is 0. The number of carbonyl (C=O) groups is 3. The number of nitrogens with zero attached hydrogens (tertiary/aromatic N) is 1. The van der Waals surface area contributed by atoms with E-state index in [9.17, 15) is 14.4 Å². The van der Waals surface area contributed by atoms with E-state index in [2.05, 4.69) is 15.5 Å². The van der Waals surface area contributed by atoms with Crippen LogP contribution in [-0.4, -0.2) is 55.1 Å². The Hall–Kier alpha value is -1.63. The lowest BCUT2D eigenvalue weighted by Gasteiger charge is -2.28. The number of rotatable bonds is 6. The molecule has 120 valence electrons. The number of carbonyl (C=O) groups excluding carboxylic acids is 3. The zero-order valence-electron chi connectivity index (χ0n) is 13.0. The van der Waals surface area contributed by atoms with Crippen LogP contribution in [0.4, 0.5) is 4.79 Å². The summed E-state index contributed by atoms with van der Waals surface area (Å²) in [5.74, 6) is -0.918. The zero-order chi connectivity index (χ0) is 15.8. The Labute approximate surface area is 125 Å². The minimum atomic E-state index is -0.627. The number of hydrogen-bond acceptors (Lipinski definition) is 5. The Bertz CT molecular complexity index is 378. The van der Waals surface area contributed by atoms with Crippen LogP contribution in [0.5, 0.6) is 0 Å². The number of ether oxygens (including phenoxy) is 1. The first-order chi connectivity index (χ1) is 9.95. The first-order valence-corrected chi connectivity index (χ1v) is 7.44. The molecular weight excluding hydrogens is 274 g/mol. The number of hydrogen-bond donors (Lipinski definition) is 2. The Morgan fingerprint density at radius 1 is 1.19 bits per heavy atom. The molecule has 7 nitrogen and oxygen atoms in total. The van der Waals surface area contributed by atoms with Gasteiger partial charge in [0, 0.05) is 6.54 Å². The van der Waals surface area contributed by atoms with Gasteiger partial charge in [-0.1, -0.05) is 13.8 Å². The largest absolute Gasteiger partial charge is 0.454 e. The first kappa shape index (κ1) is 17.4. The highest BCUT2D eigenvalue weighted by Gasteiger charge is 2.32. The lowest BCUT2D eigenvalue weighted by atomic mass is 10.0. The summed E-state index contributed by atoms with van der Waals surface area (Å²) in [4.78, 5) is 36.9. The molecule has 1 fully saturated rings. The molecule has 3 amide bonds. The van der Waals surface area contributed by atoms with E-state index in [-0.39, 0.29) is 12.0 Å². The summed E-state index contributed by atoms with van der Waals surface area (Å²) in [5, 5.41) is 4.52. The van der Waals surface area contributed by atoms with Gasteiger partial charge in [-0.25, -0.2) is 4.79 Å². The van der Waals surface area contributed by atoms with Crippen molar-refractivity contribution in [2.24, 2.45) is 5.92 Å². The molecule has 0 saturated carbocycles. The standard InChI is InChI=1S/C14H25N3O4/c1-4-15-14(20)16-11(18)9-21-13(19)12(10(2)3)17-7-5-6-8-17/h10,12H,4-9H2,1-3H3,(H2,15,16,18,20)/t12-/m0/s1. The third kappa shape index (κ3) is 5.71. The molecule has 21 heavy (non-hydrogen) atoms. The number of urea groups is 1. The summed E-state index contributed by atoms with van der Waals surface area (Å²) in [6.07, 6.45) is 2.16. The van der Waals surface area contributed by atoms with E-state index in [1.54, 1.807) is 6.92 Å². The predicted octanol–water partition coefficient (Wildman–Crippen LogP) is 0.496. The fraction of sp³-hybridized carbons (Fsp3) is 0.786. The molecular formula is C14H25N3O4. The van der Waals surface area contributed by atoms with Crippen molar-refractivity contribution in [3.05, 3.63) is 0 Å². The van der Waals surface area contributed by atoms with E-state index in [0.29, 0.717) is 6.54 Å². The second-order valence-electron chi connectivity index (χ2n) is 5.45. The molecule has 0 aliphatic carbocycles. The average Bonchev–Trinajstić information content (AvgIpc) is 2.90. The van der Waals surface area contributed by atoms with E-state index in [4.69, 9.17) is 4.74 Å². The van der Waals surface area contributed by atoms with Crippen LogP contribution >= 0.6 is 0 Å². The number of imide groups is 1. The topological polar surface area (TPSA) is 87.7 Å². The highest BCUT2D eigenvalue weighted by atomic mass is 16.5. The molecule has 0 bridgehead atoms. The molecule has 0 aromatic rings. The van der Waals surface area contributed by atoms with E-state index < -0.39 is 24.5 Å². The summed E-state index contributed by atoms with van der Waals surface area (Å²) in [6.45, 7) is 7.40. The van der Waals surface area contributed by atoms with E-state index in [1.807, 2.05) is 13.8 Å². The van der Waals surface area contributed by atoms with Gasteiger partial charge in [-0.05, 0) is 38.8 Å². The second kappa shape index (κ2) is 8.61. The van der Waals surface area contributed by atoms with Gasteiger partial charge in [0.2, 0.25) is 0 Å². The van der Waals surface area contributed by atoms with Gasteiger partial charge in [-0.15, -0.1) is 0 Å². The van der Waals surface area contributed by atoms with Crippen LogP contribution in [0.2, 0.25) is 0 Å². The Morgan fingerprint density at radius 2 is 1.81 bits per heavy atom. The van der Waals surface area contributed by atoms with Crippen LogP contribution in [-0.2, 0) is 14.3 Å². The molecule has 1 rings (SSSR count). The minimum absolute atomic E-state index is 0.113. The fourth-order valence-corrected chi connectivity index (χ4v) is 2.45. The number of amides is 3. The SMILES string of the molecule is CCNC(=O)NC(=O)COC(=O)[C@H](C(C)C)N1CCCC1. The number of nitrogens with one attached hydrogen (secondary N) is 2. The van der Waals surface area contributed by atoms with Crippen LogP contribution in [0, 0.1) is 5.92 Å². The van der Waals surface area contributed by atoms with Crippen LogP contribution in [0.1, 0.15) is 33.6 Å². The molecule has 0 unspecified atom stereocenters. The van der Waals surface area contributed by atoms with Gasteiger partial charge in [-0.2, -0.15) is 0 Å². The van der Waals surface area contributed by atoms with Crippen molar-refractivity contribution >= 4 is 17.9 Å². The molecule has 0 aromatic carbocycles. The highest BCUT2D eigenvalue weighted by molar-refractivity contribution is 5.95. The van der Waals surface area contributed by atoms with E-state index in [1.165, 1.54) is 0 Å². The van der Waals surface area contributed by atoms with Crippen molar-refractivity contribution in [1.29, 1.82) is 0 Å². The third-order valence-electron chi connectivity index (χ3n) is 3.34. The van der Waals surface area contributed by atoms with Gasteiger partial charge >= 0.3 is 12.0 Å². The van der Waals surface area contributed by atoms with Gasteiger partial charge in [0.25, 0.3) is 5.91 Å². The second-order valence-corrected chi connectivity index (χ2v) is 5.45. The van der Waals surface area contributed by atoms with Crippen LogP contribution in [0.3, 0.4) is 0 Å². The van der Waals surface area contributed by atoms with Gasteiger partial charge in [0.05, 0.1) is 0 Å². The third-order valence-corrected chi connectivity index (χ3v) is 3.34. The monoisotopic (exact) mass is 299 g/mol. The smallest absolute Gasteiger partial charge is 0.324 e. The number of esters is 1. The fourth-order valence-electron chi connectivity index (χ4n) is 2.45. The summed E-state index contributed by atoms with van der Waals surface area (Å²) < 4.78 is 5.05. The maximum Gasteiger partial charge on any atom is 0.324 e. The highest BCUT2D eigenvalue weighted by Crippen LogP contribution is 2.18. The molecule has 1 saturated heterocycles. The van der Waals surface area contributed by atoms with Crippen molar-refractivity contribution in [3.63, 3.8) is 0 Å². The molecule has 1 aliphatic heterocycles. The predicted molar refractivity (Wildman–Crippen MR) is 77.6 cm³/mol. The summed E-state index contributed by atoms with van der Waals surface area (Å²) in [7, 11) is 0. The van der Waals surface area contributed by atoms with Crippen molar-refractivity contribution in [2.45, 2.75) is 39.7 Å². The Morgan fingerprint density at radius 3 is 2.33 bits per heavy atom. The Balaban J connectivity index is 2.43. The van der Waals surface area contributed by atoms with E-state index >= 15 is 0 Å². The van der Waals surface area contributed by atoms with Crippen LogP contribution in [0.15, 0.2) is 0 Å². The van der Waals surface area contributed by atoms with Crippen LogP contribution in [0.25, 0.3) is 0 Å². The van der Waals surface area contributed by atoms with Crippen molar-refractivity contribution < 1.29 is 19.1 Å². The molecule has 0 radical (unpaired) electrons. The van der Waals surface area contributed by atoms with Crippen molar-refractivity contribution in [1.82, 2.24) is 15.5 Å². The maximum atomic E-state index is 12.1. The molecule has 1 heterocycles. The van der Waals surface area contributed by atoms with Crippen molar-refractivity contribution in [2.75, 3.05) is 26.2 Å². The minimum Gasteiger partial charge on any atom is -0.454 e. The molecule has 0 aromatic heterocycles. The van der Waals surface area contributed by atoms with Crippen LogP contribution < -0.4 is 10.6 Å². The molecule has 2 N–H and O–H groups in total. The molecule has 1 aliphatic rings. The summed E-state index contributed by atoms with van der Waals surface area (Å²) in [6, 6.07) is -0.914. The molecule has 7 heteroatoms. The van der Waals surface area contributed by atoms with Gasteiger partial charge in [0.1, 0.15) is 6.04 Å². The van der Waals surface area contributed by atoms with Gasteiger partial charge < -0.3 is 10.1 Å². The zero-order valence-corrected chi connectivity index (χ0v) is 13.0. The van der Waals surface area contributed by atoms with Gasteiger partial charge in [-0.3, -0.25) is 19.8 Å². The maximum absolute atomic E-state index is 12.1.